The molecule has 0 N–H and O–H groups in total. The van der Waals surface area contributed by atoms with Crippen LogP contribution in [-0.2, 0) is 23.9 Å². The summed E-state index contributed by atoms with van der Waals surface area (Å²) < 4.78 is 4.79. The van der Waals surface area contributed by atoms with Crippen LogP contribution in [0.15, 0.2) is 12.2 Å². The highest BCUT2D eigenvalue weighted by atomic mass is 16.5. The van der Waals surface area contributed by atoms with Gasteiger partial charge in [0, 0.05) is 13.5 Å². The van der Waals surface area contributed by atoms with Gasteiger partial charge in [-0.15, -0.1) is 0 Å². The number of esters is 1. The number of allylic oxidation sites excluding steroid dienone is 1. The molecule has 0 bridgehead atoms. The van der Waals surface area contributed by atoms with Gasteiger partial charge in [0.2, 0.25) is 17.7 Å². The summed E-state index contributed by atoms with van der Waals surface area (Å²) >= 11 is 0. The van der Waals surface area contributed by atoms with Crippen LogP contribution >= 0.6 is 0 Å². The lowest BCUT2D eigenvalue weighted by molar-refractivity contribution is -0.152. The minimum Gasteiger partial charge on any atom is -0.467 e. The van der Waals surface area contributed by atoms with Crippen LogP contribution in [0.3, 0.4) is 0 Å². The Morgan fingerprint density at radius 1 is 1.17 bits per heavy atom. The van der Waals surface area contributed by atoms with Crippen LogP contribution < -0.4 is 0 Å². The molecule has 7 nitrogen and oxygen atoms in total. The quantitative estimate of drug-likeness (QED) is 0.405. The van der Waals surface area contributed by atoms with E-state index in [4.69, 9.17) is 4.74 Å². The highest BCUT2D eigenvalue weighted by Gasteiger charge is 2.56. The van der Waals surface area contributed by atoms with E-state index in [0.717, 1.165) is 4.90 Å². The number of imide groups is 1. The lowest BCUT2D eigenvalue weighted by Gasteiger charge is -2.38. The van der Waals surface area contributed by atoms with Crippen LogP contribution in [0.5, 0.6) is 0 Å². The van der Waals surface area contributed by atoms with Crippen molar-refractivity contribution in [3.63, 3.8) is 0 Å². The van der Waals surface area contributed by atoms with Gasteiger partial charge in [0.15, 0.2) is 0 Å². The number of ether oxygens (including phenoxy) is 1. The van der Waals surface area contributed by atoms with Gasteiger partial charge in [-0.05, 0) is 12.3 Å². The Balaban J connectivity index is 1.99. The number of rotatable bonds is 2. The van der Waals surface area contributed by atoms with Crippen LogP contribution in [0.1, 0.15) is 19.8 Å². The molecule has 0 radical (unpaired) electrons. The molecular weight excluding hydrogens is 300 g/mol. The standard InChI is InChI=1S/C16H20N2O5/c1-8-4-5-9(13-12(8)14(20)17(2)15(13)21)18-10(16(22)23-3)6-7-11(18)19/h4-5,8-10,12-13H,6-7H2,1-3H3/t8-,9+,10-,12-,13+/m0/s1. The van der Waals surface area contributed by atoms with E-state index in [1.807, 2.05) is 13.0 Å². The number of carbonyl (C=O) groups is 4. The molecule has 0 unspecified atom stereocenters. The minimum absolute atomic E-state index is 0.0769. The highest BCUT2D eigenvalue weighted by molar-refractivity contribution is 6.06. The highest BCUT2D eigenvalue weighted by Crippen LogP contribution is 2.41. The summed E-state index contributed by atoms with van der Waals surface area (Å²) in [6.45, 7) is 1.89. The first-order valence-electron chi connectivity index (χ1n) is 7.77. The molecule has 2 fully saturated rings. The fraction of sp³-hybridized carbons (Fsp3) is 0.625. The zero-order valence-corrected chi connectivity index (χ0v) is 13.4. The van der Waals surface area contributed by atoms with Gasteiger partial charge in [0.25, 0.3) is 0 Å². The fourth-order valence-corrected chi connectivity index (χ4v) is 4.01. The zero-order valence-electron chi connectivity index (χ0n) is 13.4. The van der Waals surface area contributed by atoms with E-state index in [9.17, 15) is 19.2 Å². The largest absolute Gasteiger partial charge is 0.467 e. The number of fused-ring (bicyclic) bond motifs is 1. The van der Waals surface area contributed by atoms with Crippen molar-refractivity contribution in [3.8, 4) is 0 Å². The van der Waals surface area contributed by atoms with Crippen molar-refractivity contribution in [2.45, 2.75) is 31.8 Å². The Hall–Kier alpha value is -2.18. The van der Waals surface area contributed by atoms with E-state index in [1.165, 1.54) is 19.1 Å². The average molecular weight is 320 g/mol. The number of methoxy groups -OCH3 is 1. The van der Waals surface area contributed by atoms with Crippen LogP contribution in [-0.4, -0.2) is 59.7 Å². The van der Waals surface area contributed by atoms with Gasteiger partial charge in [0.05, 0.1) is 25.0 Å². The Morgan fingerprint density at radius 2 is 1.83 bits per heavy atom. The minimum atomic E-state index is -0.690. The van der Waals surface area contributed by atoms with E-state index < -0.39 is 29.9 Å². The smallest absolute Gasteiger partial charge is 0.328 e. The maximum atomic E-state index is 12.5. The maximum Gasteiger partial charge on any atom is 0.328 e. The molecule has 2 heterocycles. The molecule has 0 aromatic rings. The van der Waals surface area contributed by atoms with Crippen molar-refractivity contribution in [1.82, 2.24) is 9.80 Å². The third-order valence-corrected chi connectivity index (χ3v) is 5.21. The Bertz CT molecular complexity index is 614. The molecule has 3 rings (SSSR count). The summed E-state index contributed by atoms with van der Waals surface area (Å²) in [4.78, 5) is 51.8. The fourth-order valence-electron chi connectivity index (χ4n) is 4.01. The number of hydrogen-bond donors (Lipinski definition) is 0. The van der Waals surface area contributed by atoms with Crippen molar-refractivity contribution in [2.24, 2.45) is 17.8 Å². The maximum absolute atomic E-state index is 12.5. The summed E-state index contributed by atoms with van der Waals surface area (Å²) in [6, 6.07) is -1.26. The van der Waals surface area contributed by atoms with E-state index in [2.05, 4.69) is 0 Å². The molecule has 2 saturated heterocycles. The monoisotopic (exact) mass is 320 g/mol. The average Bonchev–Trinajstić information content (AvgIpc) is 3.02. The van der Waals surface area contributed by atoms with Crippen molar-refractivity contribution >= 4 is 23.7 Å². The first-order chi connectivity index (χ1) is 10.9. The molecule has 124 valence electrons. The number of hydrogen-bond acceptors (Lipinski definition) is 5. The van der Waals surface area contributed by atoms with E-state index in [0.29, 0.717) is 6.42 Å². The second-order valence-electron chi connectivity index (χ2n) is 6.40. The van der Waals surface area contributed by atoms with Gasteiger partial charge in [-0.2, -0.15) is 0 Å². The summed E-state index contributed by atoms with van der Waals surface area (Å²) in [5, 5.41) is 0. The number of likely N-dealkylation sites (tertiary alicyclic amines) is 2. The van der Waals surface area contributed by atoms with E-state index in [-0.39, 0.29) is 30.1 Å². The molecule has 0 spiro atoms. The summed E-state index contributed by atoms with van der Waals surface area (Å²) in [5.74, 6) is -2.35. The Labute approximate surface area is 134 Å². The second-order valence-corrected chi connectivity index (χ2v) is 6.40. The van der Waals surface area contributed by atoms with E-state index >= 15 is 0 Å². The molecule has 0 saturated carbocycles. The normalized spacial score (nSPS) is 36.7. The third-order valence-electron chi connectivity index (χ3n) is 5.21. The van der Waals surface area contributed by atoms with Crippen LogP contribution in [0.25, 0.3) is 0 Å². The molecule has 23 heavy (non-hydrogen) atoms. The molecule has 3 amide bonds. The molecule has 2 aliphatic heterocycles. The van der Waals surface area contributed by atoms with Gasteiger partial charge in [-0.25, -0.2) is 4.79 Å². The lowest BCUT2D eigenvalue weighted by atomic mass is 9.75. The second kappa shape index (κ2) is 5.47. The predicted molar refractivity (Wildman–Crippen MR) is 78.7 cm³/mol. The van der Waals surface area contributed by atoms with Crippen molar-refractivity contribution in [3.05, 3.63) is 12.2 Å². The predicted octanol–water partition coefficient (Wildman–Crippen LogP) is -0.0441. The van der Waals surface area contributed by atoms with Crippen LogP contribution in [0.2, 0.25) is 0 Å². The number of nitrogens with zero attached hydrogens (tertiary/aromatic N) is 2. The first kappa shape index (κ1) is 15.7. The van der Waals surface area contributed by atoms with Crippen molar-refractivity contribution < 1.29 is 23.9 Å². The Morgan fingerprint density at radius 3 is 2.48 bits per heavy atom. The first-order valence-corrected chi connectivity index (χ1v) is 7.77. The summed E-state index contributed by atoms with van der Waals surface area (Å²) in [5.41, 5.74) is 0. The number of carbonyl (C=O) groups excluding carboxylic acids is 4. The Kier molecular flexibility index (Phi) is 3.74. The van der Waals surface area contributed by atoms with Gasteiger partial charge >= 0.3 is 5.97 Å². The molecule has 0 aromatic carbocycles. The van der Waals surface area contributed by atoms with Crippen LogP contribution in [0, 0.1) is 17.8 Å². The molecule has 3 aliphatic rings. The number of amides is 3. The summed E-state index contributed by atoms with van der Waals surface area (Å²) in [6.07, 6.45) is 4.27. The molecular formula is C16H20N2O5. The zero-order chi connectivity index (χ0) is 16.9. The molecule has 5 atom stereocenters. The van der Waals surface area contributed by atoms with Gasteiger partial charge < -0.3 is 9.64 Å². The topological polar surface area (TPSA) is 84.0 Å². The van der Waals surface area contributed by atoms with E-state index in [1.54, 1.807) is 6.08 Å². The third kappa shape index (κ3) is 2.17. The van der Waals surface area contributed by atoms with Crippen molar-refractivity contribution in [1.29, 1.82) is 0 Å². The molecule has 7 heteroatoms. The summed E-state index contributed by atoms with van der Waals surface area (Å²) in [7, 11) is 2.75. The van der Waals surface area contributed by atoms with Gasteiger partial charge in [-0.3, -0.25) is 19.3 Å². The van der Waals surface area contributed by atoms with Gasteiger partial charge in [-0.1, -0.05) is 19.1 Å². The van der Waals surface area contributed by atoms with Crippen molar-refractivity contribution in [2.75, 3.05) is 14.2 Å². The molecule has 0 aromatic heterocycles. The lowest BCUT2D eigenvalue weighted by Crippen LogP contribution is -2.52. The van der Waals surface area contributed by atoms with Gasteiger partial charge in [0.1, 0.15) is 6.04 Å². The SMILES string of the molecule is COC(=O)[C@@H]1CCC(=O)N1[C@@H]1C=C[C@H](C)[C@@H]2C(=O)N(C)C(=O)[C@@H]21. The van der Waals surface area contributed by atoms with Crippen LogP contribution in [0.4, 0.5) is 0 Å². The molecule has 1 aliphatic carbocycles.